The van der Waals surface area contributed by atoms with Crippen LogP contribution in [0.5, 0.6) is 0 Å². The summed E-state index contributed by atoms with van der Waals surface area (Å²) in [5, 5.41) is 32.7. The van der Waals surface area contributed by atoms with Gasteiger partial charge < -0.3 is 29.7 Å². The number of carbonyl (C=O) groups excluding carboxylic acids is 1. The second kappa shape index (κ2) is 11.8. The van der Waals surface area contributed by atoms with Crippen LogP contribution in [0, 0.1) is 5.41 Å². The first-order valence-corrected chi connectivity index (χ1v) is 15.3. The fourth-order valence-electron chi connectivity index (χ4n) is 6.69. The molecule has 2 aliphatic heterocycles. The number of hydrogen-bond acceptors (Lipinski definition) is 9. The molecule has 0 radical (unpaired) electrons. The summed E-state index contributed by atoms with van der Waals surface area (Å²) in [4.78, 5) is 36.9. The molecule has 6 rings (SSSR count). The van der Waals surface area contributed by atoms with Crippen LogP contribution in [0.2, 0.25) is 5.02 Å². The van der Waals surface area contributed by atoms with Gasteiger partial charge in [-0.1, -0.05) is 67.1 Å². The van der Waals surface area contributed by atoms with Gasteiger partial charge in [0.05, 0.1) is 41.8 Å². The van der Waals surface area contributed by atoms with Gasteiger partial charge in [-0.15, -0.1) is 0 Å². The Morgan fingerprint density at radius 2 is 1.80 bits per heavy atom. The summed E-state index contributed by atoms with van der Waals surface area (Å²) >= 11 is 6.07. The van der Waals surface area contributed by atoms with Gasteiger partial charge in [-0.2, -0.15) is 0 Å². The van der Waals surface area contributed by atoms with Crippen molar-refractivity contribution >= 4 is 41.8 Å². The first-order chi connectivity index (χ1) is 21.4. The molecule has 8 atom stereocenters. The number of halogens is 1. The molecular formula is C34H36ClN3O7. The number of esters is 1. The summed E-state index contributed by atoms with van der Waals surface area (Å²) in [5.41, 5.74) is -0.358. The van der Waals surface area contributed by atoms with Gasteiger partial charge >= 0.3 is 11.9 Å². The average molecular weight is 634 g/mol. The Labute approximate surface area is 266 Å². The monoisotopic (exact) mass is 633 g/mol. The predicted molar refractivity (Wildman–Crippen MR) is 169 cm³/mol. The lowest BCUT2D eigenvalue weighted by atomic mass is 9.71. The van der Waals surface area contributed by atoms with Crippen molar-refractivity contribution in [1.82, 2.24) is 4.90 Å². The summed E-state index contributed by atoms with van der Waals surface area (Å²) < 4.78 is 12.0. The minimum Gasteiger partial charge on any atom is -0.481 e. The number of aliphatic hydroxyl groups is 2. The Morgan fingerprint density at radius 1 is 1.07 bits per heavy atom. The maximum atomic E-state index is 13.4. The largest absolute Gasteiger partial charge is 0.481 e. The van der Waals surface area contributed by atoms with Crippen molar-refractivity contribution in [2.45, 2.75) is 74.6 Å². The number of aliphatic hydroxyl groups excluding tert-OH is 2. The molecule has 236 valence electrons. The molecule has 2 unspecified atom stereocenters. The molecule has 11 heteroatoms. The lowest BCUT2D eigenvalue weighted by Crippen LogP contribution is -2.55. The van der Waals surface area contributed by atoms with E-state index in [0.29, 0.717) is 17.1 Å². The number of hydrogen-bond donors (Lipinski definition) is 3. The number of carbonyl (C=O) groups is 2. The topological polar surface area (TPSA) is 141 Å². The summed E-state index contributed by atoms with van der Waals surface area (Å²) in [6.45, 7) is 3.75. The molecule has 4 aliphatic rings. The van der Waals surface area contributed by atoms with E-state index in [4.69, 9.17) is 21.1 Å². The molecule has 10 nitrogen and oxygen atoms in total. The third kappa shape index (κ3) is 5.83. The third-order valence-electron chi connectivity index (χ3n) is 9.78. The van der Waals surface area contributed by atoms with Crippen LogP contribution in [0.3, 0.4) is 0 Å². The van der Waals surface area contributed by atoms with Crippen molar-refractivity contribution in [1.29, 1.82) is 0 Å². The first kappa shape index (κ1) is 31.2. The number of allylic oxidation sites excluding steroid dienone is 1. The normalized spacial score (nSPS) is 35.3. The number of carboxylic acid groups (broad SMARTS) is 1. The quantitative estimate of drug-likeness (QED) is 0.278. The van der Waals surface area contributed by atoms with E-state index < -0.39 is 41.3 Å². The van der Waals surface area contributed by atoms with E-state index in [0.717, 1.165) is 11.1 Å². The van der Waals surface area contributed by atoms with Crippen molar-refractivity contribution in [2.24, 2.45) is 15.4 Å². The van der Waals surface area contributed by atoms with Crippen LogP contribution in [-0.2, 0) is 24.5 Å². The van der Waals surface area contributed by atoms with Gasteiger partial charge in [0.25, 0.3) is 0 Å². The molecule has 0 saturated heterocycles. The van der Waals surface area contributed by atoms with E-state index in [1.165, 1.54) is 6.08 Å². The Balaban J connectivity index is 1.21. The second-order valence-corrected chi connectivity index (χ2v) is 13.2. The maximum absolute atomic E-state index is 13.4. The second-order valence-electron chi connectivity index (χ2n) is 12.7. The highest BCUT2D eigenvalue weighted by Crippen LogP contribution is 2.60. The zero-order chi connectivity index (χ0) is 32.0. The summed E-state index contributed by atoms with van der Waals surface area (Å²) in [5.74, 6) is -1.99. The molecule has 0 amide bonds. The van der Waals surface area contributed by atoms with Crippen LogP contribution in [0.15, 0.2) is 82.8 Å². The first-order valence-electron chi connectivity index (χ1n) is 14.9. The zero-order valence-corrected chi connectivity index (χ0v) is 25.7. The predicted octanol–water partition coefficient (Wildman–Crippen LogP) is 4.00. The summed E-state index contributed by atoms with van der Waals surface area (Å²) in [6.07, 6.45) is 3.97. The van der Waals surface area contributed by atoms with Crippen molar-refractivity contribution in [3.63, 3.8) is 0 Å². The average Bonchev–Trinajstić information content (AvgIpc) is 3.36. The highest BCUT2D eigenvalue weighted by molar-refractivity contribution is 6.30. The number of ether oxygens (including phenoxy) is 2. The molecule has 45 heavy (non-hydrogen) atoms. The highest BCUT2D eigenvalue weighted by Gasteiger charge is 2.64. The molecule has 2 aliphatic carbocycles. The number of rotatable bonds is 9. The Bertz CT molecular complexity index is 1580. The standard InChI is InChI=1S/C34H36ClN3O7/c1-32(22-10-12-23(35)13-11-22)18-33(32,2)44-19-34(31(42)43)16-26(39)29(41)27(17-34)45-28(40)15-25(21-7-4-3-5-8-21)38-20-37-30-24(38)9-6-14-36-30/h3-15,20,24,26-27,29-30,39,41H,16-19H2,1-2H3,(H,42,43)/b25-15-/t24?,26-,27-,29-,30?,32-,33-,34-/m1/s1. The number of benzene rings is 2. The SMILES string of the molecule is C[C@@]1(OC[C@@]2(C(=O)O)C[C@@H](O)[C@@H](O)[C@H](OC(=O)/C=C(/c3ccccc3)N3C=NC4N=CC=CC43)C2)C[C@]1(C)c1ccc(Cl)cc1. The number of aliphatic carboxylic acids is 1. The van der Waals surface area contributed by atoms with Crippen LogP contribution in [0.4, 0.5) is 0 Å². The molecule has 2 fully saturated rings. The van der Waals surface area contributed by atoms with E-state index in [1.807, 2.05) is 85.5 Å². The lowest BCUT2D eigenvalue weighted by molar-refractivity contribution is -0.191. The number of dihydropyridines is 1. The Hall–Kier alpha value is -3.83. The van der Waals surface area contributed by atoms with E-state index >= 15 is 0 Å². The van der Waals surface area contributed by atoms with Gasteiger partial charge in [0.15, 0.2) is 6.17 Å². The van der Waals surface area contributed by atoms with Crippen molar-refractivity contribution in [3.05, 3.63) is 89.0 Å². The molecule has 2 aromatic carbocycles. The minimum absolute atomic E-state index is 0.231. The molecule has 0 bridgehead atoms. The molecule has 2 aromatic rings. The van der Waals surface area contributed by atoms with Gasteiger partial charge in [0, 0.05) is 29.1 Å². The van der Waals surface area contributed by atoms with E-state index in [9.17, 15) is 24.9 Å². The third-order valence-corrected chi connectivity index (χ3v) is 10.0. The van der Waals surface area contributed by atoms with Crippen LogP contribution in [0.1, 0.15) is 44.2 Å². The van der Waals surface area contributed by atoms with Crippen LogP contribution in [-0.4, -0.2) is 87.4 Å². The van der Waals surface area contributed by atoms with Gasteiger partial charge in [0.2, 0.25) is 0 Å². The molecule has 2 heterocycles. The summed E-state index contributed by atoms with van der Waals surface area (Å²) in [6, 6.07) is 16.5. The summed E-state index contributed by atoms with van der Waals surface area (Å²) in [7, 11) is 0. The van der Waals surface area contributed by atoms with Crippen LogP contribution < -0.4 is 0 Å². The fraction of sp³-hybridized carbons (Fsp3) is 0.412. The molecule has 3 N–H and O–H groups in total. The number of fused-ring (bicyclic) bond motifs is 1. The van der Waals surface area contributed by atoms with Gasteiger partial charge in [-0.3, -0.25) is 9.79 Å². The molecular weight excluding hydrogens is 598 g/mol. The fourth-order valence-corrected chi connectivity index (χ4v) is 6.82. The maximum Gasteiger partial charge on any atom is 0.333 e. The van der Waals surface area contributed by atoms with Gasteiger partial charge in [-0.05, 0) is 49.1 Å². The molecule has 0 spiro atoms. The Morgan fingerprint density at radius 3 is 2.51 bits per heavy atom. The number of carboxylic acids is 1. The van der Waals surface area contributed by atoms with Crippen molar-refractivity contribution in [3.8, 4) is 0 Å². The van der Waals surface area contributed by atoms with E-state index in [2.05, 4.69) is 9.98 Å². The number of nitrogens with zero attached hydrogens (tertiary/aromatic N) is 3. The van der Waals surface area contributed by atoms with Crippen molar-refractivity contribution in [2.75, 3.05) is 6.61 Å². The van der Waals surface area contributed by atoms with Gasteiger partial charge in [-0.25, -0.2) is 9.79 Å². The van der Waals surface area contributed by atoms with Crippen LogP contribution in [0.25, 0.3) is 5.70 Å². The lowest BCUT2D eigenvalue weighted by Gasteiger charge is -2.42. The zero-order valence-electron chi connectivity index (χ0n) is 25.0. The number of aliphatic imine (C=N–C) groups is 2. The molecule has 0 aromatic heterocycles. The van der Waals surface area contributed by atoms with Crippen LogP contribution >= 0.6 is 11.6 Å². The minimum atomic E-state index is -1.60. The highest BCUT2D eigenvalue weighted by atomic mass is 35.5. The van der Waals surface area contributed by atoms with E-state index in [1.54, 1.807) is 12.6 Å². The van der Waals surface area contributed by atoms with E-state index in [-0.39, 0.29) is 37.1 Å². The smallest absolute Gasteiger partial charge is 0.333 e. The van der Waals surface area contributed by atoms with Gasteiger partial charge in [0.1, 0.15) is 12.2 Å². The van der Waals surface area contributed by atoms with Crippen molar-refractivity contribution < 1.29 is 34.4 Å². The molecule has 2 saturated carbocycles. The Kier molecular flexibility index (Phi) is 8.19.